The first-order valence-electron chi connectivity index (χ1n) is 7.18. The second-order valence-corrected chi connectivity index (χ2v) is 6.74. The number of rotatable bonds is 9. The van der Waals surface area contributed by atoms with Crippen LogP contribution < -0.4 is 10.5 Å². The molecule has 1 aromatic heterocycles. The third-order valence-corrected chi connectivity index (χ3v) is 4.70. The minimum atomic E-state index is -3.53. The molecule has 3 N–H and O–H groups in total. The summed E-state index contributed by atoms with van der Waals surface area (Å²) in [4.78, 5) is 4.14. The SMILES string of the molecule is CCCn1cc(S(=O)(=O)NCC(CC)CCN)nc1C. The molecule has 1 heterocycles. The van der Waals surface area contributed by atoms with Crippen molar-refractivity contribution in [2.75, 3.05) is 13.1 Å². The molecule has 0 saturated heterocycles. The minimum Gasteiger partial charge on any atom is -0.334 e. The summed E-state index contributed by atoms with van der Waals surface area (Å²) >= 11 is 0. The molecule has 1 atom stereocenters. The highest BCUT2D eigenvalue weighted by molar-refractivity contribution is 7.89. The molecule has 1 rings (SSSR count). The van der Waals surface area contributed by atoms with Crippen LogP contribution in [0.2, 0.25) is 0 Å². The summed E-state index contributed by atoms with van der Waals surface area (Å²) in [7, 11) is -3.53. The van der Waals surface area contributed by atoms with Crippen molar-refractivity contribution in [2.45, 2.75) is 51.6 Å². The molecule has 0 saturated carbocycles. The fourth-order valence-corrected chi connectivity index (χ4v) is 3.19. The predicted molar refractivity (Wildman–Crippen MR) is 79.9 cm³/mol. The maximum atomic E-state index is 12.2. The first-order chi connectivity index (χ1) is 9.44. The number of nitrogens with one attached hydrogen (secondary N) is 1. The van der Waals surface area contributed by atoms with Crippen LogP contribution >= 0.6 is 0 Å². The van der Waals surface area contributed by atoms with Gasteiger partial charge in [-0.05, 0) is 32.2 Å². The highest BCUT2D eigenvalue weighted by Gasteiger charge is 2.20. The van der Waals surface area contributed by atoms with E-state index in [0.717, 1.165) is 31.6 Å². The average Bonchev–Trinajstić information content (AvgIpc) is 2.77. The van der Waals surface area contributed by atoms with E-state index < -0.39 is 10.0 Å². The first-order valence-corrected chi connectivity index (χ1v) is 8.66. The maximum absolute atomic E-state index is 12.2. The van der Waals surface area contributed by atoms with Gasteiger partial charge in [0.15, 0.2) is 5.03 Å². The van der Waals surface area contributed by atoms with E-state index in [1.165, 1.54) is 0 Å². The number of sulfonamides is 1. The Kier molecular flexibility index (Phi) is 6.64. The van der Waals surface area contributed by atoms with Crippen LogP contribution in [0.1, 0.15) is 38.9 Å². The van der Waals surface area contributed by atoms with Crippen LogP contribution in [0.4, 0.5) is 0 Å². The van der Waals surface area contributed by atoms with E-state index in [9.17, 15) is 8.42 Å². The number of hydrogen-bond acceptors (Lipinski definition) is 4. The molecule has 0 radical (unpaired) electrons. The van der Waals surface area contributed by atoms with Gasteiger partial charge >= 0.3 is 0 Å². The Labute approximate surface area is 121 Å². The second-order valence-electron chi connectivity index (χ2n) is 5.02. The molecular formula is C13H26N4O2S. The van der Waals surface area contributed by atoms with Crippen LogP contribution in [0.25, 0.3) is 0 Å². The minimum absolute atomic E-state index is 0.103. The van der Waals surface area contributed by atoms with Crippen molar-refractivity contribution in [2.24, 2.45) is 11.7 Å². The van der Waals surface area contributed by atoms with Gasteiger partial charge in [-0.2, -0.15) is 0 Å². The van der Waals surface area contributed by atoms with Crippen LogP contribution in [-0.4, -0.2) is 31.1 Å². The van der Waals surface area contributed by atoms with Gasteiger partial charge in [-0.3, -0.25) is 0 Å². The molecule has 0 bridgehead atoms. The van der Waals surface area contributed by atoms with Crippen LogP contribution in [-0.2, 0) is 16.6 Å². The van der Waals surface area contributed by atoms with Crippen molar-refractivity contribution in [3.8, 4) is 0 Å². The van der Waals surface area contributed by atoms with E-state index >= 15 is 0 Å². The van der Waals surface area contributed by atoms with Crippen molar-refractivity contribution in [3.05, 3.63) is 12.0 Å². The number of aromatic nitrogens is 2. The molecule has 0 aromatic carbocycles. The summed E-state index contributed by atoms with van der Waals surface area (Å²) < 4.78 is 28.9. The second kappa shape index (κ2) is 7.75. The molecule has 0 aliphatic carbocycles. The van der Waals surface area contributed by atoms with Gasteiger partial charge in [0.05, 0.1) is 0 Å². The standard InChI is InChI=1S/C13H26N4O2S/c1-4-8-17-10-13(16-11(17)3)20(18,19)15-9-12(5-2)6-7-14/h10,12,15H,4-9,14H2,1-3H3. The third-order valence-electron chi connectivity index (χ3n) is 3.41. The van der Waals surface area contributed by atoms with Crippen LogP contribution in [0.5, 0.6) is 0 Å². The van der Waals surface area contributed by atoms with Crippen LogP contribution in [0, 0.1) is 12.8 Å². The lowest BCUT2D eigenvalue weighted by Gasteiger charge is -2.13. The Hall–Kier alpha value is -0.920. The largest absolute Gasteiger partial charge is 0.334 e. The molecule has 1 aromatic rings. The summed E-state index contributed by atoms with van der Waals surface area (Å²) in [6.45, 7) is 7.66. The zero-order chi connectivity index (χ0) is 15.2. The zero-order valence-electron chi connectivity index (χ0n) is 12.6. The topological polar surface area (TPSA) is 90.0 Å². The fourth-order valence-electron chi connectivity index (χ4n) is 2.06. The highest BCUT2D eigenvalue weighted by Crippen LogP contribution is 2.11. The van der Waals surface area contributed by atoms with Gasteiger partial charge in [0.25, 0.3) is 10.0 Å². The highest BCUT2D eigenvalue weighted by atomic mass is 32.2. The number of nitrogens with two attached hydrogens (primary N) is 1. The molecule has 0 spiro atoms. The number of nitrogens with zero attached hydrogens (tertiary/aromatic N) is 2. The van der Waals surface area contributed by atoms with Gasteiger partial charge in [-0.1, -0.05) is 20.3 Å². The normalized spacial score (nSPS) is 13.6. The molecule has 0 amide bonds. The first kappa shape index (κ1) is 17.1. The molecule has 20 heavy (non-hydrogen) atoms. The van der Waals surface area contributed by atoms with Crippen molar-refractivity contribution in [1.82, 2.24) is 14.3 Å². The van der Waals surface area contributed by atoms with Crippen molar-refractivity contribution < 1.29 is 8.42 Å². The molecule has 6 nitrogen and oxygen atoms in total. The number of aryl methyl sites for hydroxylation is 2. The van der Waals surface area contributed by atoms with Gasteiger partial charge in [-0.25, -0.2) is 18.1 Å². The van der Waals surface area contributed by atoms with Crippen LogP contribution in [0.15, 0.2) is 11.2 Å². The van der Waals surface area contributed by atoms with E-state index in [2.05, 4.69) is 9.71 Å². The summed E-state index contributed by atoms with van der Waals surface area (Å²) in [6.07, 6.45) is 4.27. The number of imidazole rings is 1. The number of hydrogen-bond donors (Lipinski definition) is 2. The summed E-state index contributed by atoms with van der Waals surface area (Å²) in [5, 5.41) is 0.103. The summed E-state index contributed by atoms with van der Waals surface area (Å²) in [5.74, 6) is 0.995. The Morgan fingerprint density at radius 3 is 2.70 bits per heavy atom. The van der Waals surface area contributed by atoms with E-state index in [1.807, 2.05) is 25.3 Å². The molecule has 116 valence electrons. The fraction of sp³-hybridized carbons (Fsp3) is 0.769. The lowest BCUT2D eigenvalue weighted by molar-refractivity contribution is 0.465. The Morgan fingerprint density at radius 1 is 1.45 bits per heavy atom. The lowest BCUT2D eigenvalue weighted by Crippen LogP contribution is -2.30. The Morgan fingerprint density at radius 2 is 2.15 bits per heavy atom. The van der Waals surface area contributed by atoms with E-state index in [0.29, 0.717) is 13.1 Å². The van der Waals surface area contributed by atoms with Crippen molar-refractivity contribution in [1.29, 1.82) is 0 Å². The summed E-state index contributed by atoms with van der Waals surface area (Å²) in [5.41, 5.74) is 5.52. The summed E-state index contributed by atoms with van der Waals surface area (Å²) in [6, 6.07) is 0. The third kappa shape index (κ3) is 4.57. The lowest BCUT2D eigenvalue weighted by atomic mass is 10.0. The van der Waals surface area contributed by atoms with Gasteiger partial charge < -0.3 is 10.3 Å². The van der Waals surface area contributed by atoms with Gasteiger partial charge in [0, 0.05) is 19.3 Å². The van der Waals surface area contributed by atoms with Gasteiger partial charge in [-0.15, -0.1) is 0 Å². The van der Waals surface area contributed by atoms with E-state index in [-0.39, 0.29) is 10.9 Å². The van der Waals surface area contributed by atoms with Gasteiger partial charge in [0.1, 0.15) is 5.82 Å². The predicted octanol–water partition coefficient (Wildman–Crippen LogP) is 1.25. The monoisotopic (exact) mass is 302 g/mol. The van der Waals surface area contributed by atoms with Crippen molar-refractivity contribution >= 4 is 10.0 Å². The maximum Gasteiger partial charge on any atom is 0.259 e. The van der Waals surface area contributed by atoms with E-state index in [4.69, 9.17) is 5.73 Å². The molecule has 0 aliphatic heterocycles. The van der Waals surface area contributed by atoms with E-state index in [1.54, 1.807) is 6.20 Å². The van der Waals surface area contributed by atoms with Gasteiger partial charge in [0.2, 0.25) is 0 Å². The Balaban J connectivity index is 2.75. The molecule has 7 heteroatoms. The zero-order valence-corrected chi connectivity index (χ0v) is 13.4. The Bertz CT molecular complexity index is 510. The van der Waals surface area contributed by atoms with Crippen molar-refractivity contribution in [3.63, 3.8) is 0 Å². The molecule has 0 aliphatic rings. The molecule has 0 fully saturated rings. The molecule has 1 unspecified atom stereocenters. The quantitative estimate of drug-likeness (QED) is 0.718. The molecular weight excluding hydrogens is 276 g/mol. The van der Waals surface area contributed by atoms with Crippen LogP contribution in [0.3, 0.4) is 0 Å². The average molecular weight is 302 g/mol. The smallest absolute Gasteiger partial charge is 0.259 e.